The number of carbonyl (C=O) groups excluding carboxylic acids is 2. The summed E-state index contributed by atoms with van der Waals surface area (Å²) >= 11 is 12.3. The fraction of sp³-hybridized carbons (Fsp3) is 0.0526. The van der Waals surface area contributed by atoms with Crippen LogP contribution in [0.1, 0.15) is 16.1 Å². The van der Waals surface area contributed by atoms with Crippen molar-refractivity contribution < 1.29 is 18.7 Å². The Bertz CT molecular complexity index is 1190. The number of fused-ring (bicyclic) bond motifs is 1. The molecular weight excluding hydrogens is 420 g/mol. The quantitative estimate of drug-likeness (QED) is 0.374. The number of furan rings is 1. The summed E-state index contributed by atoms with van der Waals surface area (Å²) in [4.78, 5) is 28.5. The molecule has 1 aromatic carbocycles. The lowest BCUT2D eigenvalue weighted by atomic mass is 10.0. The van der Waals surface area contributed by atoms with Crippen molar-refractivity contribution in [3.05, 3.63) is 57.9 Å². The SMILES string of the molecule is COC(=O)c1cc(-c2cncc3cc(/C=C4\SC(=S)NC4=O)oc23)ccc1Cl. The van der Waals surface area contributed by atoms with Crippen molar-refractivity contribution in [1.29, 1.82) is 0 Å². The largest absolute Gasteiger partial charge is 0.465 e. The van der Waals surface area contributed by atoms with Gasteiger partial charge in [0.15, 0.2) is 0 Å². The van der Waals surface area contributed by atoms with E-state index in [1.54, 1.807) is 42.7 Å². The third-order valence-electron chi connectivity index (χ3n) is 4.04. The Morgan fingerprint density at radius 2 is 2.18 bits per heavy atom. The van der Waals surface area contributed by atoms with Crippen LogP contribution < -0.4 is 5.32 Å². The first-order chi connectivity index (χ1) is 13.5. The molecule has 0 spiro atoms. The van der Waals surface area contributed by atoms with Crippen molar-refractivity contribution in [2.45, 2.75) is 0 Å². The first-order valence-corrected chi connectivity index (χ1v) is 9.57. The summed E-state index contributed by atoms with van der Waals surface area (Å²) in [5.41, 5.74) is 2.21. The van der Waals surface area contributed by atoms with Gasteiger partial charge in [-0.3, -0.25) is 9.78 Å². The Kier molecular flexibility index (Phi) is 4.92. The third kappa shape index (κ3) is 3.42. The van der Waals surface area contributed by atoms with E-state index in [9.17, 15) is 9.59 Å². The summed E-state index contributed by atoms with van der Waals surface area (Å²) in [6, 6.07) is 6.80. The van der Waals surface area contributed by atoms with Crippen LogP contribution >= 0.6 is 35.6 Å². The highest BCUT2D eigenvalue weighted by atomic mass is 35.5. The van der Waals surface area contributed by atoms with Crippen LogP contribution in [0.4, 0.5) is 0 Å². The van der Waals surface area contributed by atoms with E-state index in [-0.39, 0.29) is 11.5 Å². The van der Waals surface area contributed by atoms with Gasteiger partial charge in [0.05, 0.1) is 22.6 Å². The van der Waals surface area contributed by atoms with Crippen LogP contribution in [0.2, 0.25) is 5.02 Å². The van der Waals surface area contributed by atoms with E-state index in [0.717, 1.165) is 5.39 Å². The predicted octanol–water partition coefficient (Wildman–Crippen LogP) is 4.42. The Labute approximate surface area is 173 Å². The maximum absolute atomic E-state index is 11.9. The number of carbonyl (C=O) groups is 2. The summed E-state index contributed by atoms with van der Waals surface area (Å²) in [5, 5.41) is 3.61. The van der Waals surface area contributed by atoms with Gasteiger partial charge in [-0.2, -0.15) is 0 Å². The van der Waals surface area contributed by atoms with Gasteiger partial charge in [-0.15, -0.1) is 0 Å². The zero-order valence-electron chi connectivity index (χ0n) is 14.3. The molecule has 4 rings (SSSR count). The topological polar surface area (TPSA) is 81.4 Å². The zero-order chi connectivity index (χ0) is 19.8. The number of nitrogens with zero attached hydrogens (tertiary/aromatic N) is 1. The van der Waals surface area contributed by atoms with E-state index in [1.807, 2.05) is 0 Å². The Hall–Kier alpha value is -2.68. The average molecular weight is 431 g/mol. The van der Waals surface area contributed by atoms with Gasteiger partial charge in [-0.25, -0.2) is 4.79 Å². The van der Waals surface area contributed by atoms with Gasteiger partial charge >= 0.3 is 5.97 Å². The molecule has 3 heterocycles. The number of amides is 1. The van der Waals surface area contributed by atoms with Crippen LogP contribution in [0.5, 0.6) is 0 Å². The minimum atomic E-state index is -0.530. The number of pyridine rings is 1. The zero-order valence-corrected chi connectivity index (χ0v) is 16.7. The molecule has 1 amide bonds. The molecule has 9 heteroatoms. The summed E-state index contributed by atoms with van der Waals surface area (Å²) in [5.74, 6) is -0.292. The Balaban J connectivity index is 1.80. The summed E-state index contributed by atoms with van der Waals surface area (Å²) in [7, 11) is 1.29. The molecular formula is C19H11ClN2O4S2. The summed E-state index contributed by atoms with van der Waals surface area (Å²) in [6.45, 7) is 0. The fourth-order valence-electron chi connectivity index (χ4n) is 2.77. The van der Waals surface area contributed by atoms with Gasteiger partial charge in [0.25, 0.3) is 5.91 Å². The minimum absolute atomic E-state index is 0.250. The summed E-state index contributed by atoms with van der Waals surface area (Å²) < 4.78 is 11.1. The van der Waals surface area contributed by atoms with Gasteiger partial charge < -0.3 is 14.5 Å². The van der Waals surface area contributed by atoms with E-state index in [1.165, 1.54) is 18.9 Å². The van der Waals surface area contributed by atoms with Crippen LogP contribution in [-0.4, -0.2) is 28.3 Å². The number of ether oxygens (including phenoxy) is 1. The maximum atomic E-state index is 11.9. The summed E-state index contributed by atoms with van der Waals surface area (Å²) in [6.07, 6.45) is 4.93. The molecule has 1 aliphatic heterocycles. The lowest BCUT2D eigenvalue weighted by Crippen LogP contribution is -2.17. The molecule has 28 heavy (non-hydrogen) atoms. The lowest BCUT2D eigenvalue weighted by molar-refractivity contribution is -0.115. The molecule has 1 fully saturated rings. The Morgan fingerprint density at radius 3 is 2.89 bits per heavy atom. The number of rotatable bonds is 3. The van der Waals surface area contributed by atoms with E-state index in [0.29, 0.717) is 36.7 Å². The van der Waals surface area contributed by atoms with Crippen molar-refractivity contribution in [3.63, 3.8) is 0 Å². The molecule has 140 valence electrons. The number of benzene rings is 1. The number of esters is 1. The van der Waals surface area contributed by atoms with E-state index < -0.39 is 5.97 Å². The van der Waals surface area contributed by atoms with Crippen LogP contribution in [-0.2, 0) is 9.53 Å². The van der Waals surface area contributed by atoms with Crippen molar-refractivity contribution in [2.24, 2.45) is 0 Å². The molecule has 0 radical (unpaired) electrons. The first-order valence-electron chi connectivity index (χ1n) is 7.97. The average Bonchev–Trinajstić information content (AvgIpc) is 3.23. The molecule has 0 atom stereocenters. The molecule has 2 aromatic heterocycles. The smallest absolute Gasteiger partial charge is 0.339 e. The molecule has 0 bridgehead atoms. The molecule has 1 N–H and O–H groups in total. The molecule has 0 saturated carbocycles. The molecule has 1 aliphatic rings. The second-order valence-corrected chi connectivity index (χ2v) is 7.92. The molecule has 0 aliphatic carbocycles. The van der Waals surface area contributed by atoms with Gasteiger partial charge in [0.2, 0.25) is 0 Å². The van der Waals surface area contributed by atoms with E-state index >= 15 is 0 Å². The van der Waals surface area contributed by atoms with Crippen LogP contribution in [0.3, 0.4) is 0 Å². The van der Waals surface area contributed by atoms with Gasteiger partial charge in [0, 0.05) is 29.4 Å². The maximum Gasteiger partial charge on any atom is 0.339 e. The lowest BCUT2D eigenvalue weighted by Gasteiger charge is -2.06. The number of methoxy groups -OCH3 is 1. The monoisotopic (exact) mass is 430 g/mol. The van der Waals surface area contributed by atoms with Crippen molar-refractivity contribution in [1.82, 2.24) is 10.3 Å². The van der Waals surface area contributed by atoms with Crippen LogP contribution in [0.15, 0.2) is 46.0 Å². The Morgan fingerprint density at radius 1 is 1.36 bits per heavy atom. The third-order valence-corrected chi connectivity index (χ3v) is 5.53. The number of aromatic nitrogens is 1. The van der Waals surface area contributed by atoms with Crippen LogP contribution in [0, 0.1) is 0 Å². The second-order valence-electron chi connectivity index (χ2n) is 5.79. The molecule has 0 unspecified atom stereocenters. The van der Waals surface area contributed by atoms with Gasteiger partial charge in [-0.05, 0) is 23.8 Å². The van der Waals surface area contributed by atoms with E-state index in [4.69, 9.17) is 33.0 Å². The number of thiocarbonyl (C=S) groups is 1. The standard InChI is InChI=1S/C19H11ClN2O4S2/c1-25-18(24)12-5-9(2-3-14(12)20)13-8-21-7-10-4-11(26-16(10)13)6-15-17(23)22-19(27)28-15/h2-8H,1H3,(H,22,23,27)/b15-6-. The number of halogens is 1. The van der Waals surface area contributed by atoms with Crippen molar-refractivity contribution in [2.75, 3.05) is 7.11 Å². The highest BCUT2D eigenvalue weighted by molar-refractivity contribution is 8.26. The number of thioether (sulfide) groups is 1. The second kappa shape index (κ2) is 7.38. The van der Waals surface area contributed by atoms with Crippen molar-refractivity contribution >= 4 is 68.8 Å². The van der Waals surface area contributed by atoms with Crippen LogP contribution in [0.25, 0.3) is 28.2 Å². The van der Waals surface area contributed by atoms with Gasteiger partial charge in [0.1, 0.15) is 15.7 Å². The highest BCUT2D eigenvalue weighted by Gasteiger charge is 2.23. The first kappa shape index (κ1) is 18.7. The fourth-order valence-corrected chi connectivity index (χ4v) is 3.99. The predicted molar refractivity (Wildman–Crippen MR) is 112 cm³/mol. The number of nitrogens with one attached hydrogen (secondary N) is 1. The van der Waals surface area contributed by atoms with Gasteiger partial charge in [-0.1, -0.05) is 41.6 Å². The molecule has 1 saturated heterocycles. The molecule has 6 nitrogen and oxygen atoms in total. The highest BCUT2D eigenvalue weighted by Crippen LogP contribution is 2.34. The number of hydrogen-bond donors (Lipinski definition) is 1. The normalized spacial score (nSPS) is 15.3. The number of hydrogen-bond acceptors (Lipinski definition) is 7. The van der Waals surface area contributed by atoms with Crippen molar-refractivity contribution in [3.8, 4) is 11.1 Å². The molecule has 3 aromatic rings. The minimum Gasteiger partial charge on any atom is -0.465 e. The van der Waals surface area contributed by atoms with E-state index in [2.05, 4.69) is 10.3 Å².